The summed E-state index contributed by atoms with van der Waals surface area (Å²) in [7, 11) is 0. The lowest BCUT2D eigenvalue weighted by Gasteiger charge is -2.38. The topological polar surface area (TPSA) is 101 Å². The minimum atomic E-state index is -0.850. The Morgan fingerprint density at radius 1 is 0.679 bits per heavy atom. The summed E-state index contributed by atoms with van der Waals surface area (Å²) in [4.78, 5) is 26.2. The van der Waals surface area contributed by atoms with E-state index in [1.54, 1.807) is 0 Å². The van der Waals surface area contributed by atoms with Crippen molar-refractivity contribution in [3.63, 3.8) is 0 Å². The van der Waals surface area contributed by atoms with Crippen LogP contribution in [0.5, 0.6) is 0 Å². The van der Waals surface area contributed by atoms with Crippen LogP contribution in [0, 0.1) is 0 Å². The van der Waals surface area contributed by atoms with Crippen molar-refractivity contribution in [3.8, 4) is 0 Å². The number of ether oxygens (including phenoxy) is 2. The Kier molecular flexibility index (Phi) is 6.06. The van der Waals surface area contributed by atoms with Crippen molar-refractivity contribution in [3.05, 3.63) is 0 Å². The first-order valence-electron chi connectivity index (χ1n) is 10.4. The molecular formula is C20H36N4O4. The summed E-state index contributed by atoms with van der Waals surface area (Å²) in [5.74, 6) is -0.148. The highest BCUT2D eigenvalue weighted by Crippen LogP contribution is 2.28. The Bertz CT molecular complexity index is 541. The second kappa shape index (κ2) is 7.89. The van der Waals surface area contributed by atoms with Gasteiger partial charge in [0.25, 0.3) is 11.8 Å². The lowest BCUT2D eigenvalue weighted by Crippen LogP contribution is -2.64. The molecule has 0 aromatic carbocycles. The number of hydrogen-bond acceptors (Lipinski definition) is 6. The number of carbonyl (C=O) groups is 2. The van der Waals surface area contributed by atoms with Crippen molar-refractivity contribution >= 4 is 11.8 Å². The first kappa shape index (κ1) is 21.5. The van der Waals surface area contributed by atoms with Crippen molar-refractivity contribution in [2.24, 2.45) is 0 Å². The predicted octanol–water partition coefficient (Wildman–Crippen LogP) is 0.0672. The largest absolute Gasteiger partial charge is 0.364 e. The zero-order chi connectivity index (χ0) is 20.5. The molecule has 0 radical (unpaired) electrons. The summed E-state index contributed by atoms with van der Waals surface area (Å²) >= 11 is 0. The molecule has 8 nitrogen and oxygen atoms in total. The third kappa shape index (κ3) is 4.67. The van der Waals surface area contributed by atoms with Gasteiger partial charge in [0.05, 0.1) is 0 Å². The van der Waals surface area contributed by atoms with Gasteiger partial charge < -0.3 is 30.7 Å². The second-order valence-corrected chi connectivity index (χ2v) is 9.78. The molecule has 4 N–H and O–H groups in total. The van der Waals surface area contributed by atoms with Crippen molar-refractivity contribution in [2.75, 3.05) is 39.4 Å². The smallest absolute Gasteiger partial charge is 0.254 e. The molecule has 2 spiro atoms. The van der Waals surface area contributed by atoms with E-state index in [4.69, 9.17) is 9.47 Å². The summed E-state index contributed by atoms with van der Waals surface area (Å²) in [5.41, 5.74) is -2.65. The van der Waals surface area contributed by atoms with Crippen molar-refractivity contribution in [2.45, 2.75) is 75.7 Å². The minimum Gasteiger partial charge on any atom is -0.364 e. The maximum absolute atomic E-state index is 13.1. The van der Waals surface area contributed by atoms with Gasteiger partial charge in [-0.05, 0) is 53.4 Å². The fourth-order valence-electron chi connectivity index (χ4n) is 4.28. The van der Waals surface area contributed by atoms with Crippen LogP contribution in [-0.4, -0.2) is 73.5 Å². The maximum Gasteiger partial charge on any atom is 0.254 e. The van der Waals surface area contributed by atoms with E-state index in [2.05, 4.69) is 21.3 Å². The number of carbonyl (C=O) groups excluding carboxylic acids is 2. The zero-order valence-corrected chi connectivity index (χ0v) is 17.7. The molecule has 0 aliphatic carbocycles. The van der Waals surface area contributed by atoms with Gasteiger partial charge in [0.15, 0.2) is 11.2 Å². The zero-order valence-electron chi connectivity index (χ0n) is 17.7. The van der Waals surface area contributed by atoms with Crippen LogP contribution in [0.4, 0.5) is 0 Å². The average Bonchev–Trinajstić information content (AvgIpc) is 3.24. The van der Waals surface area contributed by atoms with Gasteiger partial charge in [-0.15, -0.1) is 0 Å². The molecule has 0 aromatic rings. The lowest BCUT2D eigenvalue weighted by atomic mass is 9.93. The highest BCUT2D eigenvalue weighted by atomic mass is 16.5. The molecule has 160 valence electrons. The summed E-state index contributed by atoms with van der Waals surface area (Å²) in [6.07, 6.45) is 3.12. The number of hydrogen-bond donors (Lipinski definition) is 4. The standard InChI is InChI=1S/C20H36N4O4/c1-17(2)11-21-13-20(8-6-10-28-20)16(26)24-18(3,4)12-22-14-19(15(25)23-17)7-5-9-27-19/h21-22H,5-14H2,1-4H3,(H,23,25)(H,24,26)/t19-,20+. The number of rotatable bonds is 0. The Morgan fingerprint density at radius 3 is 1.39 bits per heavy atom. The van der Waals surface area contributed by atoms with Crippen molar-refractivity contribution in [1.29, 1.82) is 0 Å². The SMILES string of the molecule is CC1(C)CNC[C@@]2(CCCO2)C(=O)NC(C)(C)CNC[C@]2(CCCO2)C(=O)N1. The molecule has 3 aliphatic rings. The maximum atomic E-state index is 13.1. The molecular weight excluding hydrogens is 360 g/mol. The van der Waals surface area contributed by atoms with E-state index >= 15 is 0 Å². The monoisotopic (exact) mass is 396 g/mol. The van der Waals surface area contributed by atoms with Gasteiger partial charge >= 0.3 is 0 Å². The Balaban J connectivity index is 1.80. The van der Waals surface area contributed by atoms with Gasteiger partial charge in [-0.1, -0.05) is 0 Å². The quantitative estimate of drug-likeness (QED) is 0.462. The normalized spacial score (nSPS) is 36.9. The molecule has 28 heavy (non-hydrogen) atoms. The van der Waals surface area contributed by atoms with Crippen LogP contribution in [0.3, 0.4) is 0 Å². The third-order valence-corrected chi connectivity index (χ3v) is 5.89. The summed E-state index contributed by atoms with van der Waals surface area (Å²) in [5, 5.41) is 13.0. The molecule has 3 saturated heterocycles. The Labute approximate surface area is 167 Å². The van der Waals surface area contributed by atoms with E-state index < -0.39 is 22.3 Å². The Hall–Kier alpha value is -1.22. The molecule has 0 unspecified atom stereocenters. The van der Waals surface area contributed by atoms with Crippen LogP contribution in [-0.2, 0) is 19.1 Å². The number of nitrogens with one attached hydrogen (secondary N) is 4. The number of amides is 2. The van der Waals surface area contributed by atoms with Crippen LogP contribution < -0.4 is 21.3 Å². The fraction of sp³-hybridized carbons (Fsp3) is 0.900. The van der Waals surface area contributed by atoms with Crippen LogP contribution in [0.25, 0.3) is 0 Å². The molecule has 3 fully saturated rings. The predicted molar refractivity (Wildman–Crippen MR) is 106 cm³/mol. The lowest BCUT2D eigenvalue weighted by molar-refractivity contribution is -0.145. The average molecular weight is 397 g/mol. The van der Waals surface area contributed by atoms with Crippen LogP contribution >= 0.6 is 0 Å². The third-order valence-electron chi connectivity index (χ3n) is 5.89. The van der Waals surface area contributed by atoms with Gasteiger partial charge in [0.1, 0.15) is 0 Å². The molecule has 3 rings (SSSR count). The van der Waals surface area contributed by atoms with Gasteiger partial charge in [-0.2, -0.15) is 0 Å². The van der Waals surface area contributed by atoms with E-state index in [1.165, 1.54) is 0 Å². The van der Waals surface area contributed by atoms with E-state index in [9.17, 15) is 9.59 Å². The molecule has 3 aliphatic heterocycles. The molecule has 0 aromatic heterocycles. The summed E-state index contributed by atoms with van der Waals surface area (Å²) in [6, 6.07) is 0. The van der Waals surface area contributed by atoms with Crippen molar-refractivity contribution < 1.29 is 19.1 Å². The van der Waals surface area contributed by atoms with Crippen LogP contribution in [0.15, 0.2) is 0 Å². The van der Waals surface area contributed by atoms with E-state index in [1.807, 2.05) is 27.7 Å². The van der Waals surface area contributed by atoms with Crippen molar-refractivity contribution in [1.82, 2.24) is 21.3 Å². The second-order valence-electron chi connectivity index (χ2n) is 9.78. The molecule has 3 heterocycles. The van der Waals surface area contributed by atoms with E-state index in [-0.39, 0.29) is 11.8 Å². The minimum absolute atomic E-state index is 0.0740. The summed E-state index contributed by atoms with van der Waals surface area (Å²) < 4.78 is 11.8. The van der Waals surface area contributed by atoms with E-state index in [0.717, 1.165) is 12.8 Å². The molecule has 2 atom stereocenters. The Morgan fingerprint density at radius 2 is 1.07 bits per heavy atom. The van der Waals surface area contributed by atoms with E-state index in [0.29, 0.717) is 52.2 Å². The van der Waals surface area contributed by atoms with Crippen LogP contribution in [0.1, 0.15) is 53.4 Å². The highest BCUT2D eigenvalue weighted by molar-refractivity contribution is 5.87. The van der Waals surface area contributed by atoms with Gasteiger partial charge in [0.2, 0.25) is 0 Å². The first-order chi connectivity index (χ1) is 13.1. The first-order valence-corrected chi connectivity index (χ1v) is 10.4. The molecule has 8 heteroatoms. The summed E-state index contributed by atoms with van der Waals surface area (Å²) in [6.45, 7) is 11.0. The van der Waals surface area contributed by atoms with Gasteiger partial charge in [-0.25, -0.2) is 0 Å². The van der Waals surface area contributed by atoms with Gasteiger partial charge in [-0.3, -0.25) is 9.59 Å². The molecule has 2 amide bonds. The van der Waals surface area contributed by atoms with Crippen LogP contribution in [0.2, 0.25) is 0 Å². The highest BCUT2D eigenvalue weighted by Gasteiger charge is 2.47. The van der Waals surface area contributed by atoms with Gasteiger partial charge in [0, 0.05) is 50.5 Å². The molecule has 0 saturated carbocycles. The molecule has 0 bridgehead atoms. The fourth-order valence-corrected chi connectivity index (χ4v) is 4.28.